The van der Waals surface area contributed by atoms with Gasteiger partial charge >= 0.3 is 0 Å². The molecule has 110 valence electrons. The fourth-order valence-electron chi connectivity index (χ4n) is 2.58. The lowest BCUT2D eigenvalue weighted by molar-refractivity contribution is -0.139. The van der Waals surface area contributed by atoms with Crippen LogP contribution in [-0.4, -0.2) is 46.4 Å². The standard InChI is InChI=1S/C16H19N3O2/c20-16(13-19-8-4-7-17-19)18-9-10-21-15(12-18)11-14-5-2-1-3-6-14/h1-8,15H,9-13H2/t15-/m0/s1. The van der Waals surface area contributed by atoms with Crippen LogP contribution >= 0.6 is 0 Å². The summed E-state index contributed by atoms with van der Waals surface area (Å²) in [6.07, 6.45) is 4.40. The van der Waals surface area contributed by atoms with E-state index < -0.39 is 0 Å². The molecule has 0 spiro atoms. The van der Waals surface area contributed by atoms with Crippen LogP contribution in [0.4, 0.5) is 0 Å². The average Bonchev–Trinajstić information content (AvgIpc) is 3.01. The van der Waals surface area contributed by atoms with Crippen LogP contribution in [0, 0.1) is 0 Å². The first-order valence-corrected chi connectivity index (χ1v) is 7.22. The Morgan fingerprint density at radius 1 is 1.29 bits per heavy atom. The molecular weight excluding hydrogens is 266 g/mol. The number of hydrogen-bond acceptors (Lipinski definition) is 3. The summed E-state index contributed by atoms with van der Waals surface area (Å²) in [6, 6.07) is 12.1. The maximum Gasteiger partial charge on any atom is 0.244 e. The van der Waals surface area contributed by atoms with E-state index in [2.05, 4.69) is 17.2 Å². The zero-order valence-corrected chi connectivity index (χ0v) is 11.9. The molecule has 1 aromatic heterocycles. The van der Waals surface area contributed by atoms with Gasteiger partial charge in [-0.05, 0) is 11.6 Å². The van der Waals surface area contributed by atoms with Gasteiger partial charge in [0, 0.05) is 31.9 Å². The molecule has 0 saturated carbocycles. The Morgan fingerprint density at radius 2 is 2.14 bits per heavy atom. The number of ether oxygens (including phenoxy) is 1. The van der Waals surface area contributed by atoms with Crippen molar-refractivity contribution in [2.45, 2.75) is 19.1 Å². The Labute approximate surface area is 124 Å². The predicted octanol–water partition coefficient (Wildman–Crippen LogP) is 1.35. The third-order valence-electron chi connectivity index (χ3n) is 3.65. The second kappa shape index (κ2) is 6.54. The number of rotatable bonds is 4. The second-order valence-corrected chi connectivity index (χ2v) is 5.23. The van der Waals surface area contributed by atoms with Gasteiger partial charge in [-0.3, -0.25) is 9.48 Å². The van der Waals surface area contributed by atoms with Gasteiger partial charge in [-0.1, -0.05) is 30.3 Å². The number of amides is 1. The second-order valence-electron chi connectivity index (χ2n) is 5.23. The van der Waals surface area contributed by atoms with Crippen molar-refractivity contribution in [3.63, 3.8) is 0 Å². The average molecular weight is 285 g/mol. The molecule has 1 atom stereocenters. The molecule has 21 heavy (non-hydrogen) atoms. The van der Waals surface area contributed by atoms with E-state index in [1.54, 1.807) is 17.1 Å². The molecule has 1 aliphatic rings. The summed E-state index contributed by atoms with van der Waals surface area (Å²) in [6.45, 7) is 2.20. The molecule has 1 aromatic carbocycles. The van der Waals surface area contributed by atoms with E-state index in [1.165, 1.54) is 5.56 Å². The van der Waals surface area contributed by atoms with Crippen LogP contribution in [0.1, 0.15) is 5.56 Å². The van der Waals surface area contributed by atoms with Crippen molar-refractivity contribution in [2.75, 3.05) is 19.7 Å². The van der Waals surface area contributed by atoms with Crippen LogP contribution in [0.3, 0.4) is 0 Å². The molecule has 1 aliphatic heterocycles. The lowest BCUT2D eigenvalue weighted by Crippen LogP contribution is -2.47. The predicted molar refractivity (Wildman–Crippen MR) is 78.7 cm³/mol. The van der Waals surface area contributed by atoms with Crippen LogP contribution in [0.15, 0.2) is 48.8 Å². The molecule has 5 heteroatoms. The molecule has 0 radical (unpaired) electrons. The molecule has 0 unspecified atom stereocenters. The SMILES string of the molecule is O=C(Cn1cccn1)N1CCO[C@@H](Cc2ccccc2)C1. The van der Waals surface area contributed by atoms with E-state index in [-0.39, 0.29) is 12.0 Å². The third-order valence-corrected chi connectivity index (χ3v) is 3.65. The van der Waals surface area contributed by atoms with Crippen molar-refractivity contribution in [2.24, 2.45) is 0 Å². The van der Waals surface area contributed by atoms with E-state index in [1.807, 2.05) is 29.2 Å². The molecule has 3 rings (SSSR count). The number of benzene rings is 1. The van der Waals surface area contributed by atoms with E-state index in [4.69, 9.17) is 4.74 Å². The van der Waals surface area contributed by atoms with E-state index >= 15 is 0 Å². The first-order chi connectivity index (χ1) is 10.3. The van der Waals surface area contributed by atoms with Gasteiger partial charge in [-0.15, -0.1) is 0 Å². The maximum atomic E-state index is 12.3. The van der Waals surface area contributed by atoms with E-state index in [9.17, 15) is 4.79 Å². The largest absolute Gasteiger partial charge is 0.374 e. The first-order valence-electron chi connectivity index (χ1n) is 7.22. The molecule has 0 N–H and O–H groups in total. The van der Waals surface area contributed by atoms with Gasteiger partial charge < -0.3 is 9.64 Å². The van der Waals surface area contributed by atoms with Gasteiger partial charge in [0.25, 0.3) is 0 Å². The van der Waals surface area contributed by atoms with Crippen LogP contribution < -0.4 is 0 Å². The van der Waals surface area contributed by atoms with Crippen LogP contribution in [0.2, 0.25) is 0 Å². The van der Waals surface area contributed by atoms with E-state index in [0.717, 1.165) is 6.42 Å². The monoisotopic (exact) mass is 285 g/mol. The fraction of sp³-hybridized carbons (Fsp3) is 0.375. The molecule has 0 aliphatic carbocycles. The lowest BCUT2D eigenvalue weighted by atomic mass is 10.1. The van der Waals surface area contributed by atoms with Gasteiger partial charge in [0.1, 0.15) is 6.54 Å². The Morgan fingerprint density at radius 3 is 2.90 bits per heavy atom. The third kappa shape index (κ3) is 3.70. The summed E-state index contributed by atoms with van der Waals surface area (Å²) < 4.78 is 7.44. The molecule has 2 aromatic rings. The summed E-state index contributed by atoms with van der Waals surface area (Å²) in [5.41, 5.74) is 1.24. The Hall–Kier alpha value is -2.14. The number of morpholine rings is 1. The van der Waals surface area contributed by atoms with Crippen molar-refractivity contribution in [3.8, 4) is 0 Å². The molecular formula is C16H19N3O2. The molecule has 1 fully saturated rings. The zero-order valence-electron chi connectivity index (χ0n) is 11.9. The fourth-order valence-corrected chi connectivity index (χ4v) is 2.58. The lowest BCUT2D eigenvalue weighted by Gasteiger charge is -2.33. The van der Waals surface area contributed by atoms with Crippen molar-refractivity contribution in [1.29, 1.82) is 0 Å². The summed E-state index contributed by atoms with van der Waals surface area (Å²) in [5.74, 6) is 0.0973. The molecule has 1 saturated heterocycles. The zero-order chi connectivity index (χ0) is 14.5. The molecule has 5 nitrogen and oxygen atoms in total. The maximum absolute atomic E-state index is 12.3. The summed E-state index contributed by atoms with van der Waals surface area (Å²) in [5, 5.41) is 4.08. The van der Waals surface area contributed by atoms with Crippen molar-refractivity contribution in [1.82, 2.24) is 14.7 Å². The number of hydrogen-bond donors (Lipinski definition) is 0. The summed E-state index contributed by atoms with van der Waals surface area (Å²) >= 11 is 0. The number of carbonyl (C=O) groups is 1. The highest BCUT2D eigenvalue weighted by Gasteiger charge is 2.24. The van der Waals surface area contributed by atoms with Gasteiger partial charge in [0.2, 0.25) is 5.91 Å². The Kier molecular flexibility index (Phi) is 4.31. The Balaban J connectivity index is 1.56. The molecule has 1 amide bonds. The van der Waals surface area contributed by atoms with Gasteiger partial charge in [0.05, 0.1) is 12.7 Å². The number of nitrogens with zero attached hydrogens (tertiary/aromatic N) is 3. The minimum Gasteiger partial charge on any atom is -0.374 e. The number of aromatic nitrogens is 2. The highest BCUT2D eigenvalue weighted by atomic mass is 16.5. The molecule has 2 heterocycles. The topological polar surface area (TPSA) is 47.4 Å². The van der Waals surface area contributed by atoms with E-state index in [0.29, 0.717) is 26.2 Å². The van der Waals surface area contributed by atoms with Gasteiger partial charge in [-0.25, -0.2) is 0 Å². The van der Waals surface area contributed by atoms with Crippen LogP contribution in [-0.2, 0) is 22.5 Å². The summed E-state index contributed by atoms with van der Waals surface area (Å²) in [4.78, 5) is 14.1. The quantitative estimate of drug-likeness (QED) is 0.852. The normalized spacial score (nSPS) is 18.7. The minimum atomic E-state index is 0.0720. The van der Waals surface area contributed by atoms with Crippen molar-refractivity contribution >= 4 is 5.91 Å². The Bertz CT molecular complexity index is 568. The van der Waals surface area contributed by atoms with Crippen molar-refractivity contribution in [3.05, 3.63) is 54.4 Å². The van der Waals surface area contributed by atoms with Gasteiger partial charge in [-0.2, -0.15) is 5.10 Å². The highest BCUT2D eigenvalue weighted by molar-refractivity contribution is 5.76. The van der Waals surface area contributed by atoms with Gasteiger partial charge in [0.15, 0.2) is 0 Å². The molecule has 0 bridgehead atoms. The highest BCUT2D eigenvalue weighted by Crippen LogP contribution is 2.12. The summed E-state index contributed by atoms with van der Waals surface area (Å²) in [7, 11) is 0. The van der Waals surface area contributed by atoms with Crippen LogP contribution in [0.25, 0.3) is 0 Å². The van der Waals surface area contributed by atoms with Crippen molar-refractivity contribution < 1.29 is 9.53 Å². The minimum absolute atomic E-state index is 0.0720. The number of carbonyl (C=O) groups excluding carboxylic acids is 1. The smallest absolute Gasteiger partial charge is 0.244 e. The van der Waals surface area contributed by atoms with Crippen LogP contribution in [0.5, 0.6) is 0 Å². The first kappa shape index (κ1) is 13.8.